The van der Waals surface area contributed by atoms with Crippen LogP contribution in [0.5, 0.6) is 0 Å². The number of nitrogens with zero attached hydrogens (tertiary/aromatic N) is 2. The number of hydrogen-bond acceptors (Lipinski definition) is 5. The van der Waals surface area contributed by atoms with Gasteiger partial charge in [0.1, 0.15) is 11.1 Å². The van der Waals surface area contributed by atoms with E-state index in [0.29, 0.717) is 28.8 Å². The molecule has 0 aliphatic rings. The molecule has 0 bridgehead atoms. The van der Waals surface area contributed by atoms with Crippen LogP contribution in [-0.4, -0.2) is 34.6 Å². The van der Waals surface area contributed by atoms with Crippen LogP contribution in [0, 0.1) is 13.8 Å². The summed E-state index contributed by atoms with van der Waals surface area (Å²) in [7, 11) is 1.88. The molecule has 1 amide bonds. The number of H-pyrrole nitrogens is 1. The number of carbonyl (C=O) groups excluding carboxylic acids is 1. The zero-order valence-corrected chi connectivity index (χ0v) is 17.8. The van der Waals surface area contributed by atoms with Gasteiger partial charge in [-0.1, -0.05) is 45.0 Å². The molecule has 0 unspecified atom stereocenters. The lowest BCUT2D eigenvalue weighted by Crippen LogP contribution is -2.30. The number of aromatic nitrogens is 2. The van der Waals surface area contributed by atoms with Crippen LogP contribution in [0.25, 0.3) is 10.8 Å². The first-order valence-corrected chi connectivity index (χ1v) is 9.62. The smallest absolute Gasteiger partial charge is 0.277 e. The quantitative estimate of drug-likeness (QED) is 0.689. The van der Waals surface area contributed by atoms with Crippen molar-refractivity contribution in [3.8, 4) is 0 Å². The summed E-state index contributed by atoms with van der Waals surface area (Å²) in [4.78, 5) is 26.6. The lowest BCUT2D eigenvalue weighted by atomic mass is 9.87. The molecule has 0 atom stereocenters. The van der Waals surface area contributed by atoms with Crippen LogP contribution < -0.4 is 10.9 Å². The second-order valence-corrected chi connectivity index (χ2v) is 8.54. The van der Waals surface area contributed by atoms with E-state index < -0.39 is 0 Å². The predicted molar refractivity (Wildman–Crippen MR) is 114 cm³/mol. The molecule has 0 fully saturated rings. The first-order valence-electron chi connectivity index (χ1n) is 9.62. The Morgan fingerprint density at radius 3 is 2.45 bits per heavy atom. The van der Waals surface area contributed by atoms with Crippen molar-refractivity contribution in [3.05, 3.63) is 57.2 Å². The number of furan rings is 1. The molecule has 3 aromatic rings. The Morgan fingerprint density at radius 2 is 1.83 bits per heavy atom. The summed E-state index contributed by atoms with van der Waals surface area (Å²) in [5.74, 6) is 0.471. The number of aryl methyl sites for hydroxylation is 2. The molecule has 154 valence electrons. The Bertz CT molecular complexity index is 1090. The zero-order valence-electron chi connectivity index (χ0n) is 17.8. The summed E-state index contributed by atoms with van der Waals surface area (Å²) in [5.41, 5.74) is 2.78. The number of fused-ring (bicyclic) bond motifs is 1. The summed E-state index contributed by atoms with van der Waals surface area (Å²) < 4.78 is 5.63. The number of rotatable bonds is 5. The Kier molecular flexibility index (Phi) is 5.61. The fourth-order valence-electron chi connectivity index (χ4n) is 3.42. The van der Waals surface area contributed by atoms with Crippen molar-refractivity contribution in [2.24, 2.45) is 0 Å². The largest absolute Gasteiger partial charge is 0.444 e. The number of aromatic amines is 1. The number of likely N-dealkylation sites (N-methyl/N-ethyl adjacent to an activating group) is 1. The summed E-state index contributed by atoms with van der Waals surface area (Å²) in [5, 5.41) is 10.1. The minimum atomic E-state index is -0.384. The second-order valence-electron chi connectivity index (χ2n) is 8.54. The summed E-state index contributed by atoms with van der Waals surface area (Å²) >= 11 is 0. The third-order valence-corrected chi connectivity index (χ3v) is 4.94. The van der Waals surface area contributed by atoms with E-state index in [9.17, 15) is 9.59 Å². The van der Waals surface area contributed by atoms with Gasteiger partial charge in [0, 0.05) is 6.54 Å². The molecule has 2 aromatic heterocycles. The molecule has 1 aromatic carbocycles. The molecule has 3 rings (SSSR count). The standard InChI is InChI=1S/C22H28N4O3/c1-13-18-14(2)29-21(19(18)20(28)25-24-13)23-17(27)12-26(6)11-15-7-9-16(10-8-15)22(3,4)5/h7-10H,11-12H2,1-6H3,(H,23,27)(H,25,28). The predicted octanol–water partition coefficient (Wildman–Crippen LogP) is 3.50. The molecule has 0 saturated carbocycles. The van der Waals surface area contributed by atoms with Gasteiger partial charge >= 0.3 is 0 Å². The van der Waals surface area contributed by atoms with Gasteiger partial charge in [0.25, 0.3) is 5.56 Å². The highest BCUT2D eigenvalue weighted by Gasteiger charge is 2.19. The highest BCUT2D eigenvalue weighted by Crippen LogP contribution is 2.28. The van der Waals surface area contributed by atoms with Crippen molar-refractivity contribution in [2.75, 3.05) is 18.9 Å². The molecule has 0 radical (unpaired) electrons. The highest BCUT2D eigenvalue weighted by atomic mass is 16.4. The maximum Gasteiger partial charge on any atom is 0.277 e. The van der Waals surface area contributed by atoms with Crippen LogP contribution in [0.1, 0.15) is 43.4 Å². The van der Waals surface area contributed by atoms with Crippen molar-refractivity contribution in [2.45, 2.75) is 46.6 Å². The van der Waals surface area contributed by atoms with E-state index in [4.69, 9.17) is 4.42 Å². The third kappa shape index (κ3) is 4.56. The van der Waals surface area contributed by atoms with E-state index in [1.807, 2.05) is 11.9 Å². The molecule has 2 N–H and O–H groups in total. The van der Waals surface area contributed by atoms with Gasteiger partial charge in [-0.05, 0) is 37.4 Å². The minimum Gasteiger partial charge on any atom is -0.444 e. The number of hydrogen-bond donors (Lipinski definition) is 2. The molecule has 2 heterocycles. The van der Waals surface area contributed by atoms with Gasteiger partial charge in [0.05, 0.1) is 17.6 Å². The number of nitrogens with one attached hydrogen (secondary N) is 2. The lowest BCUT2D eigenvalue weighted by Gasteiger charge is -2.20. The highest BCUT2D eigenvalue weighted by molar-refractivity contribution is 6.01. The number of benzene rings is 1. The minimum absolute atomic E-state index is 0.111. The Morgan fingerprint density at radius 1 is 1.17 bits per heavy atom. The molecule has 0 saturated heterocycles. The molecule has 7 nitrogen and oxygen atoms in total. The van der Waals surface area contributed by atoms with E-state index >= 15 is 0 Å². The summed E-state index contributed by atoms with van der Waals surface area (Å²) in [6.07, 6.45) is 0. The van der Waals surface area contributed by atoms with Gasteiger partial charge in [-0.15, -0.1) is 0 Å². The van der Waals surface area contributed by atoms with Crippen molar-refractivity contribution >= 4 is 22.6 Å². The fourth-order valence-corrected chi connectivity index (χ4v) is 3.42. The van der Waals surface area contributed by atoms with Crippen LogP contribution in [0.3, 0.4) is 0 Å². The number of anilines is 1. The molecular weight excluding hydrogens is 368 g/mol. The maximum absolute atomic E-state index is 12.5. The summed E-state index contributed by atoms with van der Waals surface area (Å²) in [6.45, 7) is 10.9. The molecular formula is C22H28N4O3. The summed E-state index contributed by atoms with van der Waals surface area (Å²) in [6, 6.07) is 8.44. The van der Waals surface area contributed by atoms with E-state index in [2.05, 4.69) is 60.6 Å². The number of amides is 1. The topological polar surface area (TPSA) is 91.2 Å². The maximum atomic E-state index is 12.5. The van der Waals surface area contributed by atoms with Crippen molar-refractivity contribution in [1.82, 2.24) is 15.1 Å². The van der Waals surface area contributed by atoms with Gasteiger partial charge in [-0.25, -0.2) is 5.10 Å². The third-order valence-electron chi connectivity index (χ3n) is 4.94. The molecule has 0 aliphatic heterocycles. The van der Waals surface area contributed by atoms with Gasteiger partial charge in [0.2, 0.25) is 11.8 Å². The van der Waals surface area contributed by atoms with E-state index in [1.54, 1.807) is 13.8 Å². The molecule has 0 aliphatic carbocycles. The Hall–Kier alpha value is -2.93. The first-order chi connectivity index (χ1) is 13.6. The van der Waals surface area contributed by atoms with Crippen LogP contribution in [0.4, 0.5) is 5.88 Å². The average molecular weight is 396 g/mol. The lowest BCUT2D eigenvalue weighted by molar-refractivity contribution is -0.117. The van der Waals surface area contributed by atoms with Crippen LogP contribution in [0.2, 0.25) is 0 Å². The van der Waals surface area contributed by atoms with Crippen LogP contribution in [0.15, 0.2) is 33.5 Å². The van der Waals surface area contributed by atoms with Gasteiger partial charge in [-0.2, -0.15) is 5.10 Å². The van der Waals surface area contributed by atoms with Crippen LogP contribution >= 0.6 is 0 Å². The number of carbonyl (C=O) groups is 1. The monoisotopic (exact) mass is 396 g/mol. The zero-order chi connectivity index (χ0) is 21.3. The van der Waals surface area contributed by atoms with Gasteiger partial charge < -0.3 is 4.42 Å². The Labute approximate surface area is 170 Å². The molecule has 29 heavy (non-hydrogen) atoms. The van der Waals surface area contributed by atoms with E-state index in [1.165, 1.54) is 5.56 Å². The Balaban J connectivity index is 1.68. The van der Waals surface area contributed by atoms with Crippen molar-refractivity contribution in [1.29, 1.82) is 0 Å². The normalized spacial score (nSPS) is 12.0. The van der Waals surface area contributed by atoms with Crippen LogP contribution in [-0.2, 0) is 16.8 Å². The van der Waals surface area contributed by atoms with Gasteiger partial charge in [0.15, 0.2) is 0 Å². The van der Waals surface area contributed by atoms with E-state index in [0.717, 1.165) is 5.56 Å². The fraction of sp³-hybridized carbons (Fsp3) is 0.409. The first kappa shape index (κ1) is 20.8. The second kappa shape index (κ2) is 7.83. The van der Waals surface area contributed by atoms with E-state index in [-0.39, 0.29) is 29.3 Å². The average Bonchev–Trinajstić information content (AvgIpc) is 2.94. The SMILES string of the molecule is Cc1n[nH]c(=O)c2c(NC(=O)CN(C)Cc3ccc(C(C)(C)C)cc3)oc(C)c12. The van der Waals surface area contributed by atoms with Gasteiger partial charge in [-0.3, -0.25) is 19.8 Å². The molecule has 7 heteroatoms. The molecule has 0 spiro atoms. The van der Waals surface area contributed by atoms with Crippen molar-refractivity contribution < 1.29 is 9.21 Å². The van der Waals surface area contributed by atoms with Crippen molar-refractivity contribution in [3.63, 3.8) is 0 Å².